The fourth-order valence-corrected chi connectivity index (χ4v) is 5.93. The first-order valence-corrected chi connectivity index (χ1v) is 14.5. The van der Waals surface area contributed by atoms with Gasteiger partial charge in [0, 0.05) is 14.6 Å². The first-order chi connectivity index (χ1) is 16.0. The maximum Gasteiger partial charge on any atom is 0.294 e. The van der Waals surface area contributed by atoms with Gasteiger partial charge in [0.1, 0.15) is 0 Å². The Bertz CT molecular complexity index is 1070. The van der Waals surface area contributed by atoms with Gasteiger partial charge in [0.2, 0.25) is 5.91 Å². The Morgan fingerprint density at radius 3 is 2.17 bits per heavy atom. The quantitative estimate of drug-likeness (QED) is 0.352. The van der Waals surface area contributed by atoms with Crippen LogP contribution in [0.4, 0.5) is 5.69 Å². The number of aryl methyl sites for hydroxylation is 2. The molecule has 4 N–H and O–H groups in total. The Balaban J connectivity index is 0.000000711. The number of para-hydroxylation sites is 1. The second-order valence-electron chi connectivity index (χ2n) is 8.64. The molecule has 204 valence electrons. The highest BCUT2D eigenvalue weighted by Gasteiger charge is 2.28. The lowest BCUT2D eigenvalue weighted by Gasteiger charge is -2.34. The van der Waals surface area contributed by atoms with Crippen LogP contribution in [0.1, 0.15) is 55.7 Å². The van der Waals surface area contributed by atoms with Crippen LogP contribution >= 0.6 is 44.3 Å². The molecule has 0 bridgehead atoms. The minimum Gasteiger partial charge on any atom is -0.412 e. The molecule has 1 unspecified atom stereocenters. The molecule has 0 aromatic heterocycles. The maximum atomic E-state index is 12.7. The summed E-state index contributed by atoms with van der Waals surface area (Å²) in [6.07, 6.45) is 5.72. The molecule has 3 rings (SSSR count). The first kappa shape index (κ1) is 35.0. The van der Waals surface area contributed by atoms with E-state index in [9.17, 15) is 13.2 Å². The van der Waals surface area contributed by atoms with Gasteiger partial charge in [0.25, 0.3) is 10.1 Å². The van der Waals surface area contributed by atoms with Crippen LogP contribution in [0, 0.1) is 20.8 Å². The highest BCUT2D eigenvalue weighted by molar-refractivity contribution is 9.11. The standard InChI is InChI=1S/C18H28N2O.C7H6Br2O3S.ClH.H2O/c1-4-5-12-20-13-7-6-11-16(20)18(21)19-17-14(2)9-8-10-15(17)3;1-4-6(8)2-5(3-7(4)9)13(10,11)12;;/h8-10,16H,4-7,11-13H2,1-3H3,(H,19,21);2-3H,1H3,(H,10,11,12);1H;1H2. The molecule has 0 saturated carbocycles. The Labute approximate surface area is 238 Å². The zero-order chi connectivity index (χ0) is 25.5. The summed E-state index contributed by atoms with van der Waals surface area (Å²) >= 11 is 6.37. The Hall–Kier alpha value is -1.01. The molecule has 2 aromatic rings. The van der Waals surface area contributed by atoms with Gasteiger partial charge in [-0.15, -0.1) is 12.4 Å². The number of unbranched alkanes of at least 4 members (excludes halogenated alkanes) is 1. The predicted molar refractivity (Wildman–Crippen MR) is 156 cm³/mol. The number of rotatable bonds is 6. The Morgan fingerprint density at radius 2 is 1.67 bits per heavy atom. The number of halogens is 3. The minimum atomic E-state index is -4.12. The van der Waals surface area contributed by atoms with Crippen LogP contribution in [-0.4, -0.2) is 48.4 Å². The molecular formula is C25H37Br2ClN2O5S. The number of carbonyl (C=O) groups excluding carboxylic acids is 1. The van der Waals surface area contributed by atoms with Crippen molar-refractivity contribution in [3.8, 4) is 0 Å². The van der Waals surface area contributed by atoms with Gasteiger partial charge in [-0.1, -0.05) is 69.8 Å². The van der Waals surface area contributed by atoms with Crippen LogP contribution < -0.4 is 5.32 Å². The van der Waals surface area contributed by atoms with Crippen molar-refractivity contribution >= 4 is 66.0 Å². The fourth-order valence-electron chi connectivity index (χ4n) is 3.91. The lowest BCUT2D eigenvalue weighted by atomic mass is 10.00. The molecule has 1 fully saturated rings. The average Bonchev–Trinajstić information content (AvgIpc) is 2.78. The SMILES string of the molecule is CCCCN1CCCCC1C(=O)Nc1c(C)cccc1C.Cc1c(Br)cc(S(=O)(=O)O)cc1Br.Cl.O. The topological polar surface area (TPSA) is 118 Å². The average molecular weight is 673 g/mol. The van der Waals surface area contributed by atoms with Crippen LogP contribution in [0.5, 0.6) is 0 Å². The number of likely N-dealkylation sites (tertiary alicyclic amines) is 1. The number of piperidine rings is 1. The highest BCUT2D eigenvalue weighted by Crippen LogP contribution is 2.28. The molecule has 2 aromatic carbocycles. The molecule has 1 heterocycles. The zero-order valence-corrected chi connectivity index (χ0v) is 25.9. The lowest BCUT2D eigenvalue weighted by molar-refractivity contribution is -0.122. The van der Waals surface area contributed by atoms with E-state index in [2.05, 4.69) is 75.0 Å². The predicted octanol–water partition coefficient (Wildman–Crippen LogP) is 6.26. The minimum absolute atomic E-state index is 0. The summed E-state index contributed by atoms with van der Waals surface area (Å²) in [4.78, 5) is 14.9. The molecule has 1 amide bonds. The van der Waals surface area contributed by atoms with Gasteiger partial charge in [0.15, 0.2) is 0 Å². The fraction of sp³-hybridized carbons (Fsp3) is 0.480. The summed E-state index contributed by atoms with van der Waals surface area (Å²) in [5.74, 6) is 0.170. The summed E-state index contributed by atoms with van der Waals surface area (Å²) in [5, 5.41) is 3.17. The van der Waals surface area contributed by atoms with E-state index in [1.165, 1.54) is 31.4 Å². The number of amides is 1. The largest absolute Gasteiger partial charge is 0.412 e. The van der Waals surface area contributed by atoms with Crippen LogP contribution in [-0.2, 0) is 14.9 Å². The van der Waals surface area contributed by atoms with Gasteiger partial charge in [-0.25, -0.2) is 0 Å². The van der Waals surface area contributed by atoms with E-state index in [1.54, 1.807) is 0 Å². The van der Waals surface area contributed by atoms with E-state index in [4.69, 9.17) is 4.55 Å². The number of hydrogen-bond donors (Lipinski definition) is 2. The monoisotopic (exact) mass is 670 g/mol. The lowest BCUT2D eigenvalue weighted by Crippen LogP contribution is -2.47. The van der Waals surface area contributed by atoms with Crippen LogP contribution in [0.2, 0.25) is 0 Å². The van der Waals surface area contributed by atoms with Gasteiger partial charge in [-0.2, -0.15) is 8.42 Å². The molecule has 0 aliphatic carbocycles. The first-order valence-electron chi connectivity index (χ1n) is 11.5. The Morgan fingerprint density at radius 1 is 1.11 bits per heavy atom. The molecule has 1 atom stereocenters. The highest BCUT2D eigenvalue weighted by atomic mass is 79.9. The van der Waals surface area contributed by atoms with Crippen LogP contribution in [0.3, 0.4) is 0 Å². The third kappa shape index (κ3) is 10.0. The van der Waals surface area contributed by atoms with Gasteiger partial charge < -0.3 is 10.8 Å². The van der Waals surface area contributed by atoms with Gasteiger partial charge >= 0.3 is 0 Å². The second-order valence-corrected chi connectivity index (χ2v) is 11.8. The summed E-state index contributed by atoms with van der Waals surface area (Å²) in [6.45, 7) is 10.2. The van der Waals surface area contributed by atoms with E-state index in [-0.39, 0.29) is 34.7 Å². The maximum absolute atomic E-state index is 12.7. The molecule has 36 heavy (non-hydrogen) atoms. The zero-order valence-electron chi connectivity index (χ0n) is 21.1. The number of anilines is 1. The van der Waals surface area contributed by atoms with Gasteiger partial charge in [-0.05, 0) is 81.9 Å². The van der Waals surface area contributed by atoms with Crippen molar-refractivity contribution in [2.45, 2.75) is 70.7 Å². The number of nitrogens with one attached hydrogen (secondary N) is 1. The summed E-state index contributed by atoms with van der Waals surface area (Å²) < 4.78 is 31.6. The third-order valence-corrected chi connectivity index (χ3v) is 8.48. The second kappa shape index (κ2) is 16.1. The van der Waals surface area contributed by atoms with Crippen molar-refractivity contribution in [1.82, 2.24) is 4.90 Å². The van der Waals surface area contributed by atoms with Crippen LogP contribution in [0.15, 0.2) is 44.2 Å². The molecule has 0 radical (unpaired) electrons. The van der Waals surface area contributed by atoms with Crippen molar-refractivity contribution in [1.29, 1.82) is 0 Å². The summed E-state index contributed by atoms with van der Waals surface area (Å²) in [6, 6.07) is 8.90. The molecular weight excluding hydrogens is 636 g/mol. The van der Waals surface area contributed by atoms with Crippen LogP contribution in [0.25, 0.3) is 0 Å². The van der Waals surface area contributed by atoms with E-state index in [0.717, 1.165) is 48.3 Å². The molecule has 0 spiro atoms. The number of nitrogens with zero attached hydrogens (tertiary/aromatic N) is 1. The van der Waals surface area contributed by atoms with Gasteiger partial charge in [-0.3, -0.25) is 14.2 Å². The number of benzene rings is 2. The number of hydrogen-bond acceptors (Lipinski definition) is 4. The summed E-state index contributed by atoms with van der Waals surface area (Å²) in [7, 11) is -4.12. The van der Waals surface area contributed by atoms with Crippen molar-refractivity contribution in [3.05, 3.63) is 56.0 Å². The normalized spacial score (nSPS) is 15.6. The Kier molecular flexibility index (Phi) is 15.6. The van der Waals surface area contributed by atoms with Crippen molar-refractivity contribution < 1.29 is 23.2 Å². The molecule has 7 nitrogen and oxygen atoms in total. The van der Waals surface area contributed by atoms with Crippen molar-refractivity contribution in [3.63, 3.8) is 0 Å². The van der Waals surface area contributed by atoms with E-state index in [0.29, 0.717) is 8.95 Å². The molecule has 1 aliphatic rings. The van der Waals surface area contributed by atoms with Gasteiger partial charge in [0.05, 0.1) is 10.9 Å². The van der Waals surface area contributed by atoms with E-state index < -0.39 is 10.1 Å². The summed E-state index contributed by atoms with van der Waals surface area (Å²) in [5.41, 5.74) is 4.15. The molecule has 11 heteroatoms. The smallest absolute Gasteiger partial charge is 0.294 e. The van der Waals surface area contributed by atoms with E-state index >= 15 is 0 Å². The van der Waals surface area contributed by atoms with Crippen molar-refractivity contribution in [2.24, 2.45) is 0 Å². The molecule has 1 saturated heterocycles. The third-order valence-electron chi connectivity index (χ3n) is 6.00. The number of carbonyl (C=O) groups is 1. The van der Waals surface area contributed by atoms with Crippen molar-refractivity contribution in [2.75, 3.05) is 18.4 Å². The van der Waals surface area contributed by atoms with E-state index in [1.807, 2.05) is 13.0 Å². The molecule has 1 aliphatic heterocycles.